The van der Waals surface area contributed by atoms with Crippen LogP contribution in [-0.2, 0) is 14.8 Å². The van der Waals surface area contributed by atoms with Gasteiger partial charge in [0.2, 0.25) is 10.0 Å². The highest BCUT2D eigenvalue weighted by molar-refractivity contribution is 7.99. The lowest BCUT2D eigenvalue weighted by molar-refractivity contribution is -0.133. The molecule has 28 heavy (non-hydrogen) atoms. The van der Waals surface area contributed by atoms with Gasteiger partial charge in [0, 0.05) is 16.8 Å². The monoisotopic (exact) mass is 435 g/mol. The van der Waals surface area contributed by atoms with Gasteiger partial charge >= 0.3 is 5.97 Å². The number of aromatic amines is 1. The van der Waals surface area contributed by atoms with E-state index in [-0.39, 0.29) is 5.75 Å². The Morgan fingerprint density at radius 1 is 1.29 bits per heavy atom. The van der Waals surface area contributed by atoms with Gasteiger partial charge in [-0.15, -0.1) is 0 Å². The molecule has 0 atom stereocenters. The van der Waals surface area contributed by atoms with Gasteiger partial charge in [0.05, 0.1) is 28.1 Å². The lowest BCUT2D eigenvalue weighted by Gasteiger charge is -2.02. The number of thioether (sulfide) groups is 1. The van der Waals surface area contributed by atoms with Gasteiger partial charge in [0.1, 0.15) is 0 Å². The molecule has 0 aliphatic carbocycles. The number of carbonyl (C=O) groups is 1. The van der Waals surface area contributed by atoms with Crippen LogP contribution in [0.5, 0.6) is 0 Å². The fourth-order valence-electron chi connectivity index (χ4n) is 2.28. The van der Waals surface area contributed by atoms with E-state index in [2.05, 4.69) is 26.5 Å². The number of anilines is 1. The molecule has 0 fully saturated rings. The molecule has 1 aromatic heterocycles. The van der Waals surface area contributed by atoms with Crippen LogP contribution in [-0.4, -0.2) is 41.5 Å². The molecule has 3 rings (SSSR count). The first kappa shape index (κ1) is 20.1. The number of rotatable bonds is 5. The largest absolute Gasteiger partial charge is 0.481 e. The number of carboxylic acids is 1. The zero-order chi connectivity index (χ0) is 20.3. The van der Waals surface area contributed by atoms with Crippen molar-refractivity contribution in [2.75, 3.05) is 16.7 Å². The number of sulfonamides is 1. The first-order chi connectivity index (χ1) is 13.2. The molecule has 0 radical (unpaired) electrons. The summed E-state index contributed by atoms with van der Waals surface area (Å²) >= 11 is 7.36. The Morgan fingerprint density at radius 3 is 2.64 bits per heavy atom. The average molecular weight is 436 g/mol. The molecule has 0 aliphatic heterocycles. The van der Waals surface area contributed by atoms with Gasteiger partial charge in [0.25, 0.3) is 0 Å². The second-order valence-electron chi connectivity index (χ2n) is 5.78. The van der Waals surface area contributed by atoms with Crippen LogP contribution < -0.4 is 4.72 Å². The van der Waals surface area contributed by atoms with Crippen LogP contribution in [0.1, 0.15) is 11.1 Å². The molecule has 0 bridgehead atoms. The Morgan fingerprint density at radius 2 is 2.00 bits per heavy atom. The van der Waals surface area contributed by atoms with Crippen molar-refractivity contribution in [3.8, 4) is 11.8 Å². The molecule has 7 nitrogen and oxygen atoms in total. The van der Waals surface area contributed by atoms with E-state index in [0.29, 0.717) is 38.0 Å². The van der Waals surface area contributed by atoms with E-state index in [1.165, 1.54) is 0 Å². The van der Waals surface area contributed by atoms with Crippen molar-refractivity contribution in [3.63, 3.8) is 0 Å². The molecule has 0 saturated heterocycles. The van der Waals surface area contributed by atoms with E-state index in [9.17, 15) is 13.2 Å². The van der Waals surface area contributed by atoms with Crippen molar-refractivity contribution >= 4 is 56.1 Å². The summed E-state index contributed by atoms with van der Waals surface area (Å²) in [4.78, 5) is 18.0. The predicted molar refractivity (Wildman–Crippen MR) is 110 cm³/mol. The van der Waals surface area contributed by atoms with E-state index in [1.54, 1.807) is 36.4 Å². The fourth-order valence-corrected chi connectivity index (χ4v) is 3.66. The van der Waals surface area contributed by atoms with Crippen LogP contribution in [0.3, 0.4) is 0 Å². The van der Waals surface area contributed by atoms with E-state index >= 15 is 0 Å². The van der Waals surface area contributed by atoms with Crippen LogP contribution in [0.15, 0.2) is 41.6 Å². The summed E-state index contributed by atoms with van der Waals surface area (Å²) in [6, 6.07) is 10.1. The number of benzene rings is 2. The van der Waals surface area contributed by atoms with Crippen molar-refractivity contribution in [1.29, 1.82) is 0 Å². The number of nitrogens with zero attached hydrogens (tertiary/aromatic N) is 1. The highest BCUT2D eigenvalue weighted by Gasteiger charge is 2.09. The fraction of sp³-hybridized carbons (Fsp3) is 0.111. The third-order valence-corrected chi connectivity index (χ3v) is 5.19. The highest BCUT2D eigenvalue weighted by atomic mass is 35.5. The Labute approximate surface area is 170 Å². The topological polar surface area (TPSA) is 112 Å². The number of hydrogen-bond acceptors (Lipinski definition) is 5. The summed E-state index contributed by atoms with van der Waals surface area (Å²) in [7, 11) is -3.33. The van der Waals surface area contributed by atoms with Gasteiger partial charge in [-0.2, -0.15) is 0 Å². The highest BCUT2D eigenvalue weighted by Crippen LogP contribution is 2.25. The molecule has 144 valence electrons. The SMILES string of the molecule is CS(=O)(=O)Nc1ccc(C#Cc2cc3nc(SCC(=O)O)[nH]c3cc2Cl)cc1. The Bertz CT molecular complexity index is 1210. The van der Waals surface area contributed by atoms with Crippen molar-refractivity contribution < 1.29 is 18.3 Å². The maximum atomic E-state index is 11.2. The zero-order valence-electron chi connectivity index (χ0n) is 14.5. The minimum absolute atomic E-state index is 0.0929. The lowest BCUT2D eigenvalue weighted by Crippen LogP contribution is -2.09. The number of carboxylic acid groups (broad SMARTS) is 1. The Hall–Kier alpha value is -2.67. The van der Waals surface area contributed by atoms with Gasteiger partial charge < -0.3 is 10.1 Å². The predicted octanol–water partition coefficient (Wildman–Crippen LogP) is 3.16. The van der Waals surface area contributed by atoms with Crippen LogP contribution in [0.25, 0.3) is 11.0 Å². The summed E-state index contributed by atoms with van der Waals surface area (Å²) in [6.45, 7) is 0. The van der Waals surface area contributed by atoms with E-state index in [1.807, 2.05) is 0 Å². The van der Waals surface area contributed by atoms with E-state index in [0.717, 1.165) is 18.0 Å². The smallest absolute Gasteiger partial charge is 0.313 e. The maximum Gasteiger partial charge on any atom is 0.313 e. The molecule has 0 amide bonds. The third-order valence-electron chi connectivity index (χ3n) is 3.41. The summed E-state index contributed by atoms with van der Waals surface area (Å²) < 4.78 is 24.8. The zero-order valence-corrected chi connectivity index (χ0v) is 16.9. The number of hydrogen-bond donors (Lipinski definition) is 3. The first-order valence-electron chi connectivity index (χ1n) is 7.83. The molecule has 10 heteroatoms. The van der Waals surface area contributed by atoms with Crippen LogP contribution in [0.2, 0.25) is 5.02 Å². The maximum absolute atomic E-state index is 11.2. The molecule has 1 heterocycles. The number of H-pyrrole nitrogens is 1. The Kier molecular flexibility index (Phi) is 5.84. The quantitative estimate of drug-likeness (QED) is 0.419. The summed E-state index contributed by atoms with van der Waals surface area (Å²) in [6.07, 6.45) is 1.08. The molecular weight excluding hydrogens is 422 g/mol. The normalized spacial score (nSPS) is 11.1. The Balaban J connectivity index is 1.82. The molecule has 3 aromatic rings. The molecule has 2 aromatic carbocycles. The van der Waals surface area contributed by atoms with E-state index in [4.69, 9.17) is 16.7 Å². The van der Waals surface area contributed by atoms with Crippen molar-refractivity contribution in [3.05, 3.63) is 52.5 Å². The minimum Gasteiger partial charge on any atom is -0.481 e. The van der Waals surface area contributed by atoms with Gasteiger partial charge in [-0.25, -0.2) is 13.4 Å². The number of aliphatic carboxylic acids is 1. The van der Waals surface area contributed by atoms with Gasteiger partial charge in [0.15, 0.2) is 5.16 Å². The second kappa shape index (κ2) is 8.14. The summed E-state index contributed by atoms with van der Waals surface area (Å²) in [5, 5.41) is 9.68. The van der Waals surface area contributed by atoms with E-state index < -0.39 is 16.0 Å². The van der Waals surface area contributed by atoms with Crippen molar-refractivity contribution in [1.82, 2.24) is 9.97 Å². The molecule has 0 spiro atoms. The molecule has 0 unspecified atom stereocenters. The molecular formula is C18H14ClN3O4S2. The number of aromatic nitrogens is 2. The van der Waals surface area contributed by atoms with Gasteiger partial charge in [-0.3, -0.25) is 9.52 Å². The number of halogens is 1. The summed E-state index contributed by atoms with van der Waals surface area (Å²) in [5.41, 5.74) is 3.05. The molecule has 0 saturated carbocycles. The van der Waals surface area contributed by atoms with Crippen LogP contribution in [0, 0.1) is 11.8 Å². The van der Waals surface area contributed by atoms with Gasteiger partial charge in [-0.1, -0.05) is 35.2 Å². The first-order valence-corrected chi connectivity index (χ1v) is 11.1. The average Bonchev–Trinajstić information content (AvgIpc) is 2.99. The molecule has 0 aliphatic rings. The number of nitrogens with one attached hydrogen (secondary N) is 2. The number of fused-ring (bicyclic) bond motifs is 1. The van der Waals surface area contributed by atoms with Gasteiger partial charge in [-0.05, 0) is 36.4 Å². The third kappa shape index (κ3) is 5.42. The number of imidazole rings is 1. The van der Waals surface area contributed by atoms with Crippen LogP contribution in [0.4, 0.5) is 5.69 Å². The van der Waals surface area contributed by atoms with Crippen LogP contribution >= 0.6 is 23.4 Å². The van der Waals surface area contributed by atoms with Crippen molar-refractivity contribution in [2.24, 2.45) is 0 Å². The minimum atomic E-state index is -3.33. The van der Waals surface area contributed by atoms with Crippen molar-refractivity contribution in [2.45, 2.75) is 5.16 Å². The standard InChI is InChI=1S/C18H14ClN3O4S2/c1-28(25,26)22-13-6-3-11(4-7-13)2-5-12-8-15-16(9-14(12)19)21-18(20-15)27-10-17(23)24/h3-4,6-9,22H,10H2,1H3,(H,20,21)(H,23,24). The second-order valence-corrected chi connectivity index (χ2v) is 8.89. The lowest BCUT2D eigenvalue weighted by atomic mass is 10.1. The molecule has 3 N–H and O–H groups in total. The summed E-state index contributed by atoms with van der Waals surface area (Å²) in [5.74, 6) is 4.93.